The summed E-state index contributed by atoms with van der Waals surface area (Å²) in [7, 11) is 0. The number of nitrogens with one attached hydrogen (secondary N) is 1. The molecule has 3 nitrogen and oxygen atoms in total. The van der Waals surface area contributed by atoms with Gasteiger partial charge in [-0.2, -0.15) is 0 Å². The molecule has 1 rings (SSSR count). The van der Waals surface area contributed by atoms with Crippen molar-refractivity contribution in [1.82, 2.24) is 5.32 Å². The second kappa shape index (κ2) is 6.91. The lowest BCUT2D eigenvalue weighted by Gasteiger charge is -2.08. The molecule has 1 aromatic carbocycles. The summed E-state index contributed by atoms with van der Waals surface area (Å²) in [5.41, 5.74) is 0. The Kier molecular flexibility index (Phi) is 5.49. The number of ether oxygens (including phenoxy) is 1. The lowest BCUT2D eigenvalue weighted by molar-refractivity contribution is -0.123. The van der Waals surface area contributed by atoms with Gasteiger partial charge in [0.05, 0.1) is 5.02 Å². The molecule has 17 heavy (non-hydrogen) atoms. The highest BCUT2D eigenvalue weighted by atomic mass is 35.5. The van der Waals surface area contributed by atoms with Gasteiger partial charge in [-0.3, -0.25) is 4.79 Å². The Hall–Kier alpha value is -1.55. The van der Waals surface area contributed by atoms with Crippen LogP contribution < -0.4 is 10.1 Å². The average Bonchev–Trinajstić information content (AvgIpc) is 2.28. The molecule has 0 unspecified atom stereocenters. The van der Waals surface area contributed by atoms with Crippen LogP contribution in [0.25, 0.3) is 0 Å². The highest BCUT2D eigenvalue weighted by Crippen LogP contribution is 2.24. The summed E-state index contributed by atoms with van der Waals surface area (Å²) in [6.07, 6.45) is 2.40. The van der Waals surface area contributed by atoms with Crippen LogP contribution in [-0.4, -0.2) is 19.1 Å². The maximum absolute atomic E-state index is 12.7. The van der Waals surface area contributed by atoms with E-state index in [9.17, 15) is 9.18 Å². The first-order valence-electron chi connectivity index (χ1n) is 5.09. The minimum absolute atomic E-state index is 0.142. The van der Waals surface area contributed by atoms with Crippen LogP contribution in [0.5, 0.6) is 5.75 Å². The zero-order valence-electron chi connectivity index (χ0n) is 9.21. The van der Waals surface area contributed by atoms with Crippen molar-refractivity contribution in [3.05, 3.63) is 41.7 Å². The van der Waals surface area contributed by atoms with Gasteiger partial charge in [-0.25, -0.2) is 4.39 Å². The van der Waals surface area contributed by atoms with Crippen molar-refractivity contribution in [2.45, 2.75) is 6.42 Å². The summed E-state index contributed by atoms with van der Waals surface area (Å²) < 4.78 is 17.9. The SMILES string of the molecule is C=CCCNC(=O)COc1ccc(F)cc1Cl. The van der Waals surface area contributed by atoms with Crippen LogP contribution in [0.15, 0.2) is 30.9 Å². The Morgan fingerprint density at radius 2 is 2.35 bits per heavy atom. The molecule has 0 atom stereocenters. The van der Waals surface area contributed by atoms with Gasteiger partial charge in [-0.15, -0.1) is 6.58 Å². The zero-order chi connectivity index (χ0) is 12.7. The largest absolute Gasteiger partial charge is 0.482 e. The van der Waals surface area contributed by atoms with Gasteiger partial charge in [0.15, 0.2) is 6.61 Å². The molecule has 0 aliphatic rings. The molecule has 0 aliphatic heterocycles. The van der Waals surface area contributed by atoms with Crippen molar-refractivity contribution >= 4 is 17.5 Å². The molecule has 0 radical (unpaired) electrons. The standard InChI is InChI=1S/C12H13ClFNO2/c1-2-3-6-15-12(16)8-17-11-5-4-9(14)7-10(11)13/h2,4-5,7H,1,3,6,8H2,(H,15,16). The minimum atomic E-state index is -0.446. The fourth-order valence-electron chi connectivity index (χ4n) is 1.10. The molecule has 0 saturated carbocycles. The fraction of sp³-hybridized carbons (Fsp3) is 0.250. The number of halogens is 2. The van der Waals surface area contributed by atoms with Gasteiger partial charge in [0.25, 0.3) is 5.91 Å². The average molecular weight is 258 g/mol. The number of carbonyl (C=O) groups is 1. The normalized spacial score (nSPS) is 9.76. The maximum atomic E-state index is 12.7. The number of amides is 1. The van der Waals surface area contributed by atoms with Crippen LogP contribution >= 0.6 is 11.6 Å². The smallest absolute Gasteiger partial charge is 0.257 e. The summed E-state index contributed by atoms with van der Waals surface area (Å²) in [4.78, 5) is 11.3. The van der Waals surface area contributed by atoms with Crippen LogP contribution in [0.3, 0.4) is 0 Å². The summed E-state index contributed by atoms with van der Waals surface area (Å²) in [6, 6.07) is 3.73. The summed E-state index contributed by atoms with van der Waals surface area (Å²) in [6.45, 7) is 3.90. The Morgan fingerprint density at radius 1 is 1.59 bits per heavy atom. The highest BCUT2D eigenvalue weighted by molar-refractivity contribution is 6.32. The molecule has 0 fully saturated rings. The Labute approximate surface area is 104 Å². The van der Waals surface area contributed by atoms with Crippen molar-refractivity contribution in [1.29, 1.82) is 0 Å². The van der Waals surface area contributed by atoms with E-state index in [1.54, 1.807) is 6.08 Å². The first-order valence-corrected chi connectivity index (χ1v) is 5.46. The fourth-order valence-corrected chi connectivity index (χ4v) is 1.32. The summed E-state index contributed by atoms with van der Waals surface area (Å²) in [5, 5.41) is 2.77. The van der Waals surface area contributed by atoms with Crippen LogP contribution in [0.2, 0.25) is 5.02 Å². The predicted octanol–water partition coefficient (Wildman–Crippen LogP) is 2.55. The van der Waals surface area contributed by atoms with E-state index < -0.39 is 5.82 Å². The van der Waals surface area contributed by atoms with E-state index in [4.69, 9.17) is 16.3 Å². The van der Waals surface area contributed by atoms with Gasteiger partial charge in [0, 0.05) is 6.54 Å². The topological polar surface area (TPSA) is 38.3 Å². The van der Waals surface area contributed by atoms with Gasteiger partial charge < -0.3 is 10.1 Å². The minimum Gasteiger partial charge on any atom is -0.482 e. The molecule has 1 amide bonds. The predicted molar refractivity (Wildman–Crippen MR) is 64.7 cm³/mol. The zero-order valence-corrected chi connectivity index (χ0v) is 9.97. The monoisotopic (exact) mass is 257 g/mol. The van der Waals surface area contributed by atoms with Crippen molar-refractivity contribution < 1.29 is 13.9 Å². The van der Waals surface area contributed by atoms with E-state index in [-0.39, 0.29) is 23.3 Å². The lowest BCUT2D eigenvalue weighted by Crippen LogP contribution is -2.29. The van der Waals surface area contributed by atoms with Crippen LogP contribution in [0.1, 0.15) is 6.42 Å². The Morgan fingerprint density at radius 3 is 3.00 bits per heavy atom. The first kappa shape index (κ1) is 13.5. The summed E-state index contributed by atoms with van der Waals surface area (Å²) >= 11 is 5.73. The molecule has 0 aliphatic carbocycles. The second-order valence-corrected chi connectivity index (χ2v) is 3.70. The molecular formula is C12H13ClFNO2. The van der Waals surface area contributed by atoms with E-state index in [0.29, 0.717) is 13.0 Å². The summed E-state index contributed by atoms with van der Waals surface area (Å²) in [5.74, 6) is -0.419. The number of carbonyl (C=O) groups excluding carboxylic acids is 1. The number of benzene rings is 1. The molecule has 5 heteroatoms. The maximum Gasteiger partial charge on any atom is 0.257 e. The van der Waals surface area contributed by atoms with Crippen LogP contribution in [0.4, 0.5) is 4.39 Å². The Balaban J connectivity index is 2.39. The lowest BCUT2D eigenvalue weighted by atomic mass is 10.3. The van der Waals surface area contributed by atoms with Crippen LogP contribution in [-0.2, 0) is 4.79 Å². The second-order valence-electron chi connectivity index (χ2n) is 3.29. The molecule has 1 N–H and O–H groups in total. The molecule has 0 saturated heterocycles. The number of rotatable bonds is 6. The number of hydrogen-bond acceptors (Lipinski definition) is 2. The van der Waals surface area contributed by atoms with Gasteiger partial charge in [-0.1, -0.05) is 17.7 Å². The molecule has 0 aromatic heterocycles. The molecular weight excluding hydrogens is 245 g/mol. The third kappa shape index (κ3) is 4.87. The third-order valence-corrected chi connectivity index (χ3v) is 2.22. The highest BCUT2D eigenvalue weighted by Gasteiger charge is 2.06. The van der Waals surface area contributed by atoms with Crippen molar-refractivity contribution in [3.8, 4) is 5.75 Å². The van der Waals surface area contributed by atoms with Gasteiger partial charge in [0.1, 0.15) is 11.6 Å². The van der Waals surface area contributed by atoms with E-state index in [1.807, 2.05) is 0 Å². The molecule has 0 bridgehead atoms. The van der Waals surface area contributed by atoms with Crippen LogP contribution in [0, 0.1) is 5.82 Å². The van der Waals surface area contributed by atoms with E-state index in [2.05, 4.69) is 11.9 Å². The van der Waals surface area contributed by atoms with E-state index in [0.717, 1.165) is 6.07 Å². The molecule has 92 valence electrons. The quantitative estimate of drug-likeness (QED) is 0.628. The first-order chi connectivity index (χ1) is 8.13. The van der Waals surface area contributed by atoms with E-state index >= 15 is 0 Å². The third-order valence-electron chi connectivity index (χ3n) is 1.92. The molecule has 1 aromatic rings. The van der Waals surface area contributed by atoms with Gasteiger partial charge in [-0.05, 0) is 24.6 Å². The Bertz CT molecular complexity index is 409. The van der Waals surface area contributed by atoms with Gasteiger partial charge in [0.2, 0.25) is 0 Å². The van der Waals surface area contributed by atoms with Crippen molar-refractivity contribution in [2.24, 2.45) is 0 Å². The van der Waals surface area contributed by atoms with E-state index in [1.165, 1.54) is 12.1 Å². The van der Waals surface area contributed by atoms with Gasteiger partial charge >= 0.3 is 0 Å². The number of hydrogen-bond donors (Lipinski definition) is 1. The molecule has 0 spiro atoms. The van der Waals surface area contributed by atoms with Crippen molar-refractivity contribution in [3.63, 3.8) is 0 Å². The van der Waals surface area contributed by atoms with Crippen molar-refractivity contribution in [2.75, 3.05) is 13.2 Å². The molecule has 0 heterocycles.